The summed E-state index contributed by atoms with van der Waals surface area (Å²) in [7, 11) is 1.49. The largest absolute Gasteiger partial charge is 0.349 e. The van der Waals surface area contributed by atoms with E-state index in [4.69, 9.17) is 0 Å². The summed E-state index contributed by atoms with van der Waals surface area (Å²) in [5, 5.41) is 6.78. The molecule has 2 heterocycles. The molecule has 3 aromatic rings. The summed E-state index contributed by atoms with van der Waals surface area (Å²) in [6.45, 7) is 0.342. The van der Waals surface area contributed by atoms with Crippen molar-refractivity contribution in [3.63, 3.8) is 0 Å². The van der Waals surface area contributed by atoms with Crippen molar-refractivity contribution in [1.82, 2.24) is 19.7 Å². The van der Waals surface area contributed by atoms with Crippen LogP contribution in [0.5, 0.6) is 0 Å². The second-order valence-electron chi connectivity index (χ2n) is 6.01. The van der Waals surface area contributed by atoms with E-state index < -0.39 is 0 Å². The van der Waals surface area contributed by atoms with Crippen LogP contribution in [0.4, 0.5) is 4.39 Å². The standard InChI is InChI=1S/C19H19FN4O2/c1-23-18(25)8-7-17(22-23)19(26)21-13-16(24-9-2-3-10-24)12-14-5-4-6-15(20)11-14/h2-11,16H,12-13H2,1H3,(H,21,26)/t16-/m0/s1. The van der Waals surface area contributed by atoms with Crippen LogP contribution in [0.15, 0.2) is 65.7 Å². The van der Waals surface area contributed by atoms with E-state index in [0.29, 0.717) is 13.0 Å². The number of hydrogen-bond donors (Lipinski definition) is 1. The molecule has 0 radical (unpaired) electrons. The third kappa shape index (κ3) is 4.24. The van der Waals surface area contributed by atoms with Crippen LogP contribution < -0.4 is 10.9 Å². The number of aromatic nitrogens is 3. The summed E-state index contributed by atoms with van der Waals surface area (Å²) in [6, 6.07) is 12.8. The average molecular weight is 354 g/mol. The van der Waals surface area contributed by atoms with Gasteiger partial charge in [-0.05, 0) is 42.3 Å². The maximum Gasteiger partial charge on any atom is 0.271 e. The van der Waals surface area contributed by atoms with E-state index in [1.54, 1.807) is 6.07 Å². The Balaban J connectivity index is 1.72. The van der Waals surface area contributed by atoms with Crippen molar-refractivity contribution in [3.05, 3.63) is 88.4 Å². The molecule has 1 amide bonds. The summed E-state index contributed by atoms with van der Waals surface area (Å²) in [5.41, 5.74) is 0.736. The number of carbonyl (C=O) groups is 1. The van der Waals surface area contributed by atoms with Gasteiger partial charge in [-0.3, -0.25) is 9.59 Å². The fourth-order valence-electron chi connectivity index (χ4n) is 2.73. The zero-order valence-corrected chi connectivity index (χ0v) is 14.3. The van der Waals surface area contributed by atoms with Crippen molar-refractivity contribution in [1.29, 1.82) is 0 Å². The van der Waals surface area contributed by atoms with Gasteiger partial charge in [0, 0.05) is 32.1 Å². The molecule has 0 aliphatic rings. The van der Waals surface area contributed by atoms with Gasteiger partial charge < -0.3 is 9.88 Å². The summed E-state index contributed by atoms with van der Waals surface area (Å²) < 4.78 is 16.5. The highest BCUT2D eigenvalue weighted by atomic mass is 19.1. The molecule has 134 valence electrons. The Bertz CT molecular complexity index is 950. The maximum absolute atomic E-state index is 13.5. The maximum atomic E-state index is 13.5. The van der Waals surface area contributed by atoms with E-state index in [-0.39, 0.29) is 29.0 Å². The third-order valence-corrected chi connectivity index (χ3v) is 4.10. The molecule has 0 saturated heterocycles. The van der Waals surface area contributed by atoms with E-state index in [9.17, 15) is 14.0 Å². The van der Waals surface area contributed by atoms with Crippen LogP contribution in [0.3, 0.4) is 0 Å². The van der Waals surface area contributed by atoms with Crippen molar-refractivity contribution in [2.24, 2.45) is 7.05 Å². The van der Waals surface area contributed by atoms with Crippen LogP contribution in [-0.4, -0.2) is 26.8 Å². The summed E-state index contributed by atoms with van der Waals surface area (Å²) >= 11 is 0. The van der Waals surface area contributed by atoms with Gasteiger partial charge in [-0.25, -0.2) is 9.07 Å². The molecule has 0 saturated carbocycles. The van der Waals surface area contributed by atoms with Gasteiger partial charge in [-0.1, -0.05) is 12.1 Å². The van der Waals surface area contributed by atoms with Crippen molar-refractivity contribution in [2.45, 2.75) is 12.5 Å². The molecular formula is C19H19FN4O2. The van der Waals surface area contributed by atoms with Gasteiger partial charge in [0.25, 0.3) is 11.5 Å². The number of hydrogen-bond acceptors (Lipinski definition) is 3. The topological polar surface area (TPSA) is 68.9 Å². The highest BCUT2D eigenvalue weighted by Crippen LogP contribution is 2.15. The molecule has 0 aliphatic heterocycles. The zero-order chi connectivity index (χ0) is 18.5. The Morgan fingerprint density at radius 2 is 1.96 bits per heavy atom. The summed E-state index contributed by atoms with van der Waals surface area (Å²) in [6.07, 6.45) is 4.37. The molecule has 1 N–H and O–H groups in total. The smallest absolute Gasteiger partial charge is 0.271 e. The lowest BCUT2D eigenvalue weighted by Gasteiger charge is -2.20. The van der Waals surface area contributed by atoms with E-state index >= 15 is 0 Å². The molecule has 1 atom stereocenters. The first-order valence-electron chi connectivity index (χ1n) is 8.22. The Kier molecular flexibility index (Phi) is 5.26. The van der Waals surface area contributed by atoms with Gasteiger partial charge in [0.1, 0.15) is 11.5 Å². The molecule has 0 spiro atoms. The minimum Gasteiger partial charge on any atom is -0.349 e. The first-order chi connectivity index (χ1) is 12.5. The Morgan fingerprint density at radius 3 is 2.65 bits per heavy atom. The predicted octanol–water partition coefficient (Wildman–Crippen LogP) is 1.93. The van der Waals surface area contributed by atoms with Gasteiger partial charge in [0.15, 0.2) is 0 Å². The first-order valence-corrected chi connectivity index (χ1v) is 8.22. The first kappa shape index (κ1) is 17.6. The monoisotopic (exact) mass is 354 g/mol. The predicted molar refractivity (Wildman–Crippen MR) is 95.4 cm³/mol. The number of benzene rings is 1. The minimum atomic E-state index is -0.364. The molecule has 26 heavy (non-hydrogen) atoms. The second kappa shape index (κ2) is 7.77. The van der Waals surface area contributed by atoms with Crippen LogP contribution in [0.1, 0.15) is 22.1 Å². The molecule has 2 aromatic heterocycles. The van der Waals surface area contributed by atoms with Gasteiger partial charge in [0.05, 0.1) is 6.04 Å². The van der Waals surface area contributed by atoms with Crippen LogP contribution in [0.25, 0.3) is 0 Å². The third-order valence-electron chi connectivity index (χ3n) is 4.10. The van der Waals surface area contributed by atoms with E-state index in [1.165, 1.54) is 31.3 Å². The van der Waals surface area contributed by atoms with Crippen LogP contribution in [-0.2, 0) is 13.5 Å². The van der Waals surface area contributed by atoms with Crippen molar-refractivity contribution in [3.8, 4) is 0 Å². The summed E-state index contributed by atoms with van der Waals surface area (Å²) in [4.78, 5) is 23.7. The van der Waals surface area contributed by atoms with E-state index in [2.05, 4.69) is 10.4 Å². The van der Waals surface area contributed by atoms with Crippen molar-refractivity contribution in [2.75, 3.05) is 6.54 Å². The van der Waals surface area contributed by atoms with Crippen molar-refractivity contribution >= 4 is 5.91 Å². The van der Waals surface area contributed by atoms with Crippen molar-refractivity contribution < 1.29 is 9.18 Å². The number of nitrogens with one attached hydrogen (secondary N) is 1. The molecule has 0 unspecified atom stereocenters. The quantitative estimate of drug-likeness (QED) is 0.735. The molecule has 7 heteroatoms. The lowest BCUT2D eigenvalue weighted by Crippen LogP contribution is -2.33. The van der Waals surface area contributed by atoms with E-state index in [0.717, 1.165) is 10.2 Å². The van der Waals surface area contributed by atoms with Gasteiger partial charge >= 0.3 is 0 Å². The normalized spacial score (nSPS) is 11.9. The highest BCUT2D eigenvalue weighted by molar-refractivity contribution is 5.91. The molecule has 0 aliphatic carbocycles. The number of rotatable bonds is 6. The molecular weight excluding hydrogens is 335 g/mol. The second-order valence-corrected chi connectivity index (χ2v) is 6.01. The Labute approximate surface area is 149 Å². The fourth-order valence-corrected chi connectivity index (χ4v) is 2.73. The fraction of sp³-hybridized carbons (Fsp3) is 0.211. The van der Waals surface area contributed by atoms with Crippen LogP contribution >= 0.6 is 0 Å². The number of halogens is 1. The number of aryl methyl sites for hydroxylation is 1. The molecule has 3 rings (SSSR count). The lowest BCUT2D eigenvalue weighted by molar-refractivity contribution is 0.0940. The number of nitrogens with zero attached hydrogens (tertiary/aromatic N) is 3. The molecule has 0 bridgehead atoms. The van der Waals surface area contributed by atoms with Gasteiger partial charge in [-0.2, -0.15) is 5.10 Å². The highest BCUT2D eigenvalue weighted by Gasteiger charge is 2.15. The Hall–Kier alpha value is -3.22. The summed E-state index contributed by atoms with van der Waals surface area (Å²) in [5.74, 6) is -0.649. The lowest BCUT2D eigenvalue weighted by atomic mass is 10.1. The van der Waals surface area contributed by atoms with E-state index in [1.807, 2.05) is 35.2 Å². The zero-order valence-electron chi connectivity index (χ0n) is 14.3. The molecule has 1 aromatic carbocycles. The number of amides is 1. The van der Waals surface area contributed by atoms with Crippen LogP contribution in [0, 0.1) is 5.82 Å². The number of carbonyl (C=O) groups excluding carboxylic acids is 1. The Morgan fingerprint density at radius 1 is 1.19 bits per heavy atom. The molecule has 6 nitrogen and oxygen atoms in total. The minimum absolute atomic E-state index is 0.0803. The van der Waals surface area contributed by atoms with Gasteiger partial charge in [0.2, 0.25) is 0 Å². The average Bonchev–Trinajstić information content (AvgIpc) is 3.15. The van der Waals surface area contributed by atoms with Crippen LogP contribution in [0.2, 0.25) is 0 Å². The molecule has 0 fully saturated rings. The SMILES string of the molecule is Cn1nc(C(=O)NC[C@H](Cc2cccc(F)c2)n2cccc2)ccc1=O. The van der Waals surface area contributed by atoms with Gasteiger partial charge in [-0.15, -0.1) is 0 Å².